The maximum atomic E-state index is 12.0. The predicted molar refractivity (Wildman–Crippen MR) is 94.8 cm³/mol. The zero-order valence-corrected chi connectivity index (χ0v) is 13.1. The van der Waals surface area contributed by atoms with E-state index in [0.29, 0.717) is 33.9 Å². The largest absolute Gasteiger partial charge is 0.455 e. The molecule has 25 heavy (non-hydrogen) atoms. The molecule has 6 heteroatoms. The number of hydrogen-bond acceptors (Lipinski definition) is 5. The summed E-state index contributed by atoms with van der Waals surface area (Å²) >= 11 is 0. The Hall–Kier alpha value is -3.85. The van der Waals surface area contributed by atoms with Crippen molar-refractivity contribution < 1.29 is 9.21 Å². The highest BCUT2D eigenvalue weighted by Gasteiger charge is 2.09. The van der Waals surface area contributed by atoms with Crippen LogP contribution < -0.4 is 11.2 Å². The summed E-state index contributed by atoms with van der Waals surface area (Å²) < 4.78 is 5.65. The van der Waals surface area contributed by atoms with E-state index in [1.807, 2.05) is 6.07 Å². The van der Waals surface area contributed by atoms with Crippen LogP contribution >= 0.6 is 0 Å². The number of benzene rings is 2. The lowest BCUT2D eigenvalue weighted by atomic mass is 10.1. The van der Waals surface area contributed by atoms with Crippen molar-refractivity contribution in [2.75, 3.05) is 5.73 Å². The van der Waals surface area contributed by atoms with Crippen molar-refractivity contribution in [2.45, 2.75) is 0 Å². The number of nitriles is 1. The molecule has 0 unspecified atom stereocenters. The number of hydrogen-bond donors (Lipinski definition) is 2. The van der Waals surface area contributed by atoms with E-state index in [4.69, 9.17) is 15.4 Å². The monoisotopic (exact) mass is 330 g/mol. The molecule has 2 aromatic carbocycles. The van der Waals surface area contributed by atoms with E-state index in [9.17, 15) is 4.79 Å². The Morgan fingerprint density at radius 3 is 2.68 bits per heavy atom. The third-order valence-corrected chi connectivity index (χ3v) is 3.50. The van der Waals surface area contributed by atoms with E-state index in [2.05, 4.69) is 16.6 Å². The maximum absolute atomic E-state index is 12.0. The highest BCUT2D eigenvalue weighted by Crippen LogP contribution is 2.24. The molecule has 1 heterocycles. The second-order valence-corrected chi connectivity index (χ2v) is 5.15. The summed E-state index contributed by atoms with van der Waals surface area (Å²) in [5.74, 6) is 0.595. The lowest BCUT2D eigenvalue weighted by molar-refractivity contribution is 0.0956. The predicted octanol–water partition coefficient (Wildman–Crippen LogP) is 3.16. The molecule has 0 aliphatic rings. The molecular formula is C19H14N4O2. The number of nitrogen functional groups attached to an aromatic ring is 1. The minimum atomic E-state index is -0.407. The molecule has 0 radical (unpaired) electrons. The van der Waals surface area contributed by atoms with Crippen molar-refractivity contribution in [3.63, 3.8) is 0 Å². The minimum absolute atomic E-state index is 0.350. The summed E-state index contributed by atoms with van der Waals surface area (Å²) in [7, 11) is 0. The molecular weight excluding hydrogens is 316 g/mol. The summed E-state index contributed by atoms with van der Waals surface area (Å²) in [5, 5.41) is 13.0. The van der Waals surface area contributed by atoms with E-state index in [1.165, 1.54) is 6.21 Å². The summed E-state index contributed by atoms with van der Waals surface area (Å²) in [6.07, 6.45) is 1.38. The lowest BCUT2D eigenvalue weighted by Crippen LogP contribution is -2.18. The number of rotatable bonds is 4. The van der Waals surface area contributed by atoms with Gasteiger partial charge in [0, 0.05) is 11.3 Å². The molecule has 0 bridgehead atoms. The Labute approximate surface area is 144 Å². The number of nitrogens with two attached hydrogens (primary N) is 1. The lowest BCUT2D eigenvalue weighted by Gasteiger charge is -2.02. The molecule has 3 N–H and O–H groups in total. The first-order chi connectivity index (χ1) is 12.2. The number of nitrogens with zero attached hydrogens (tertiary/aromatic N) is 2. The highest BCUT2D eigenvalue weighted by molar-refractivity contribution is 5.99. The van der Waals surface area contributed by atoms with Crippen LogP contribution in [0.15, 0.2) is 70.2 Å². The fourth-order valence-electron chi connectivity index (χ4n) is 2.28. The number of nitrogens with one attached hydrogen (secondary N) is 1. The van der Waals surface area contributed by atoms with Gasteiger partial charge in [0.05, 0.1) is 23.4 Å². The van der Waals surface area contributed by atoms with Gasteiger partial charge in [-0.1, -0.05) is 24.3 Å². The molecule has 0 atom stereocenters. The number of hydrazone groups is 1. The average Bonchev–Trinajstić information content (AvgIpc) is 3.10. The molecule has 3 rings (SSSR count). The van der Waals surface area contributed by atoms with Gasteiger partial charge in [0.2, 0.25) is 0 Å². The first kappa shape index (κ1) is 16.0. The van der Waals surface area contributed by atoms with E-state index in [1.54, 1.807) is 54.6 Å². The van der Waals surface area contributed by atoms with Crippen LogP contribution in [0.2, 0.25) is 0 Å². The van der Waals surface area contributed by atoms with Crippen LogP contribution in [0.4, 0.5) is 5.69 Å². The number of carbonyl (C=O) groups is 1. The van der Waals surface area contributed by atoms with Gasteiger partial charge in [-0.2, -0.15) is 10.4 Å². The average molecular weight is 330 g/mol. The van der Waals surface area contributed by atoms with Gasteiger partial charge >= 0.3 is 0 Å². The first-order valence-corrected chi connectivity index (χ1v) is 7.46. The van der Waals surface area contributed by atoms with Crippen LogP contribution in [0.25, 0.3) is 11.3 Å². The number of anilines is 1. The zero-order chi connectivity index (χ0) is 17.6. The second-order valence-electron chi connectivity index (χ2n) is 5.15. The maximum Gasteiger partial charge on any atom is 0.273 e. The molecule has 0 saturated heterocycles. The van der Waals surface area contributed by atoms with E-state index in [0.717, 1.165) is 0 Å². The SMILES string of the molecule is N#Cc1ccccc1-c1ccc(/C=N\NC(=O)c2ccccc2N)o1. The minimum Gasteiger partial charge on any atom is -0.455 e. The molecule has 0 fully saturated rings. The van der Waals surface area contributed by atoms with Crippen LogP contribution in [-0.2, 0) is 0 Å². The first-order valence-electron chi connectivity index (χ1n) is 7.46. The van der Waals surface area contributed by atoms with Crippen molar-refractivity contribution in [1.29, 1.82) is 5.26 Å². The van der Waals surface area contributed by atoms with Gasteiger partial charge in [-0.05, 0) is 36.4 Å². The zero-order valence-electron chi connectivity index (χ0n) is 13.1. The Morgan fingerprint density at radius 1 is 1.12 bits per heavy atom. The van der Waals surface area contributed by atoms with Crippen LogP contribution in [-0.4, -0.2) is 12.1 Å². The Kier molecular flexibility index (Phi) is 4.58. The van der Waals surface area contributed by atoms with Crippen molar-refractivity contribution >= 4 is 17.8 Å². The number of amides is 1. The summed E-state index contributed by atoms with van der Waals surface area (Å²) in [5.41, 5.74) is 10.1. The standard InChI is InChI=1S/C19H14N4O2/c20-11-13-5-1-2-6-15(13)18-10-9-14(25-18)12-22-23-19(24)16-7-3-4-8-17(16)21/h1-10,12H,21H2,(H,23,24)/b22-12-. The quantitative estimate of drug-likeness (QED) is 0.435. The molecule has 3 aromatic rings. The van der Waals surface area contributed by atoms with Crippen LogP contribution in [0.1, 0.15) is 21.7 Å². The normalized spacial score (nSPS) is 10.5. The van der Waals surface area contributed by atoms with Gasteiger partial charge in [0.1, 0.15) is 11.5 Å². The molecule has 1 amide bonds. The molecule has 6 nitrogen and oxygen atoms in total. The number of carbonyl (C=O) groups excluding carboxylic acids is 1. The van der Waals surface area contributed by atoms with Gasteiger partial charge in [-0.15, -0.1) is 0 Å². The van der Waals surface area contributed by atoms with Crippen molar-refractivity contribution in [2.24, 2.45) is 5.10 Å². The van der Waals surface area contributed by atoms with Crippen molar-refractivity contribution in [3.05, 3.63) is 77.6 Å². The summed E-state index contributed by atoms with van der Waals surface area (Å²) in [6, 6.07) is 19.4. The van der Waals surface area contributed by atoms with E-state index >= 15 is 0 Å². The van der Waals surface area contributed by atoms with E-state index in [-0.39, 0.29) is 0 Å². The van der Waals surface area contributed by atoms with Gasteiger partial charge < -0.3 is 10.2 Å². The topological polar surface area (TPSA) is 104 Å². The van der Waals surface area contributed by atoms with Crippen LogP contribution in [0.3, 0.4) is 0 Å². The van der Waals surface area contributed by atoms with Crippen molar-refractivity contribution in [3.8, 4) is 17.4 Å². The van der Waals surface area contributed by atoms with Gasteiger partial charge in [0.25, 0.3) is 5.91 Å². The molecule has 0 spiro atoms. The van der Waals surface area contributed by atoms with Gasteiger partial charge in [-0.25, -0.2) is 5.43 Å². The number of furan rings is 1. The van der Waals surface area contributed by atoms with Crippen LogP contribution in [0, 0.1) is 11.3 Å². The summed E-state index contributed by atoms with van der Waals surface area (Å²) in [4.78, 5) is 12.0. The fraction of sp³-hybridized carbons (Fsp3) is 0. The second kappa shape index (κ2) is 7.15. The Bertz CT molecular complexity index is 983. The molecule has 122 valence electrons. The molecule has 1 aromatic heterocycles. The van der Waals surface area contributed by atoms with Crippen molar-refractivity contribution in [1.82, 2.24) is 5.43 Å². The smallest absolute Gasteiger partial charge is 0.273 e. The molecule has 0 aliphatic carbocycles. The molecule has 0 saturated carbocycles. The van der Waals surface area contributed by atoms with Gasteiger partial charge in [0.15, 0.2) is 0 Å². The summed E-state index contributed by atoms with van der Waals surface area (Å²) in [6.45, 7) is 0. The number of para-hydroxylation sites is 1. The van der Waals surface area contributed by atoms with Crippen LogP contribution in [0.5, 0.6) is 0 Å². The third-order valence-electron chi connectivity index (χ3n) is 3.50. The van der Waals surface area contributed by atoms with E-state index < -0.39 is 5.91 Å². The third kappa shape index (κ3) is 3.57. The highest BCUT2D eigenvalue weighted by atomic mass is 16.3. The van der Waals surface area contributed by atoms with Gasteiger partial charge in [-0.3, -0.25) is 4.79 Å². The fourth-order valence-corrected chi connectivity index (χ4v) is 2.28. The Balaban J connectivity index is 1.72. The Morgan fingerprint density at radius 2 is 1.88 bits per heavy atom. The molecule has 0 aliphatic heterocycles.